The molecule has 0 bridgehead atoms. The van der Waals surface area contributed by atoms with E-state index in [2.05, 4.69) is 19.1 Å². The molecule has 0 amide bonds. The van der Waals surface area contributed by atoms with Gasteiger partial charge in [0.25, 0.3) is 0 Å². The lowest BCUT2D eigenvalue weighted by molar-refractivity contribution is -0.185. The number of aliphatic hydroxyl groups is 1. The van der Waals surface area contributed by atoms with E-state index in [0.717, 1.165) is 44.9 Å². The number of fused-ring (bicyclic) bond motifs is 3. The van der Waals surface area contributed by atoms with Crippen molar-refractivity contribution in [1.29, 1.82) is 5.26 Å². The highest BCUT2D eigenvalue weighted by Gasteiger charge is 2.79. The summed E-state index contributed by atoms with van der Waals surface area (Å²) in [4.78, 5) is 0. The highest BCUT2D eigenvalue weighted by Crippen LogP contribution is 2.74. The van der Waals surface area contributed by atoms with Gasteiger partial charge in [0, 0.05) is 18.3 Å². The van der Waals surface area contributed by atoms with Crippen LogP contribution in [0.5, 0.6) is 0 Å². The van der Waals surface area contributed by atoms with Crippen LogP contribution in [0.2, 0.25) is 0 Å². The molecule has 4 aliphatic carbocycles. The van der Waals surface area contributed by atoms with Crippen molar-refractivity contribution in [2.24, 2.45) is 17.3 Å². The van der Waals surface area contributed by atoms with Crippen molar-refractivity contribution < 1.29 is 19.3 Å². The number of hydrogen-bond acceptors (Lipinski definition) is 5. The average molecular weight is 357 g/mol. The van der Waals surface area contributed by atoms with Crippen LogP contribution >= 0.6 is 0 Å². The lowest BCUT2D eigenvalue weighted by atomic mass is 9.53. The second-order valence-corrected chi connectivity index (χ2v) is 9.75. The number of rotatable bonds is 0. The molecule has 0 unspecified atom stereocenters. The molecule has 2 aliphatic heterocycles. The minimum Gasteiger partial charge on any atom is -0.375 e. The Morgan fingerprint density at radius 1 is 1.15 bits per heavy atom. The van der Waals surface area contributed by atoms with Crippen molar-refractivity contribution in [3.63, 3.8) is 0 Å². The summed E-state index contributed by atoms with van der Waals surface area (Å²) in [6.07, 6.45) is 9.54. The second kappa shape index (κ2) is 4.55. The van der Waals surface area contributed by atoms with E-state index >= 15 is 0 Å². The van der Waals surface area contributed by atoms with Crippen molar-refractivity contribution in [2.45, 2.75) is 80.9 Å². The van der Waals surface area contributed by atoms with E-state index in [1.54, 1.807) is 0 Å². The summed E-state index contributed by atoms with van der Waals surface area (Å²) in [6.45, 7) is 3.52. The number of ether oxygens (including phenoxy) is 3. The Bertz CT molecular complexity index is 752. The van der Waals surface area contributed by atoms with Gasteiger partial charge >= 0.3 is 0 Å². The van der Waals surface area contributed by atoms with Crippen molar-refractivity contribution in [3.05, 3.63) is 11.6 Å². The first-order chi connectivity index (χ1) is 12.4. The molecule has 140 valence electrons. The maximum Gasteiger partial charge on any atom is 0.171 e. The Morgan fingerprint density at radius 3 is 2.73 bits per heavy atom. The predicted molar refractivity (Wildman–Crippen MR) is 91.9 cm³/mol. The van der Waals surface area contributed by atoms with E-state index in [-0.39, 0.29) is 16.6 Å². The Hall–Kier alpha value is -0.930. The van der Waals surface area contributed by atoms with Crippen molar-refractivity contribution in [3.8, 4) is 6.07 Å². The fourth-order valence-electron chi connectivity index (χ4n) is 7.53. The van der Waals surface area contributed by atoms with Gasteiger partial charge in [-0.05, 0) is 55.9 Å². The third-order valence-electron chi connectivity index (χ3n) is 9.01. The summed E-state index contributed by atoms with van der Waals surface area (Å²) in [7, 11) is 0. The Kier molecular flexibility index (Phi) is 2.81. The molecule has 6 rings (SSSR count). The first-order valence-corrected chi connectivity index (χ1v) is 10.2. The summed E-state index contributed by atoms with van der Waals surface area (Å²) in [6, 6.07) is 2.25. The van der Waals surface area contributed by atoms with Crippen LogP contribution in [0.4, 0.5) is 0 Å². The van der Waals surface area contributed by atoms with Crippen molar-refractivity contribution >= 4 is 0 Å². The van der Waals surface area contributed by atoms with E-state index in [4.69, 9.17) is 14.2 Å². The van der Waals surface area contributed by atoms with Gasteiger partial charge < -0.3 is 19.3 Å². The summed E-state index contributed by atoms with van der Waals surface area (Å²) >= 11 is 0. The zero-order valence-corrected chi connectivity index (χ0v) is 15.4. The van der Waals surface area contributed by atoms with Gasteiger partial charge in [-0.3, -0.25) is 0 Å². The molecule has 5 heteroatoms. The van der Waals surface area contributed by atoms with Crippen molar-refractivity contribution in [1.82, 2.24) is 0 Å². The van der Waals surface area contributed by atoms with Crippen molar-refractivity contribution in [2.75, 3.05) is 13.2 Å². The number of epoxide rings is 1. The number of nitrogens with zero attached hydrogens (tertiary/aromatic N) is 1. The average Bonchev–Trinajstić information content (AvgIpc) is 2.98. The minimum absolute atomic E-state index is 0.101. The molecule has 6 atom stereocenters. The van der Waals surface area contributed by atoms with Gasteiger partial charge in [-0.1, -0.05) is 13.0 Å². The molecular formula is C21H27NO4. The van der Waals surface area contributed by atoms with E-state index in [1.807, 2.05) is 0 Å². The Morgan fingerprint density at radius 2 is 1.96 bits per heavy atom. The zero-order chi connectivity index (χ0) is 17.8. The summed E-state index contributed by atoms with van der Waals surface area (Å²) < 4.78 is 18.6. The fourth-order valence-corrected chi connectivity index (χ4v) is 7.53. The summed E-state index contributed by atoms with van der Waals surface area (Å²) in [5, 5.41) is 20.6. The second-order valence-electron chi connectivity index (χ2n) is 9.75. The van der Waals surface area contributed by atoms with Crippen LogP contribution in [-0.2, 0) is 14.2 Å². The Balaban J connectivity index is 1.36. The third-order valence-corrected chi connectivity index (χ3v) is 9.01. The van der Waals surface area contributed by atoms with Gasteiger partial charge in [0.15, 0.2) is 11.4 Å². The van der Waals surface area contributed by atoms with Gasteiger partial charge in [-0.2, -0.15) is 5.26 Å². The van der Waals surface area contributed by atoms with Crippen LogP contribution in [0, 0.1) is 28.6 Å². The molecular weight excluding hydrogens is 330 g/mol. The highest BCUT2D eigenvalue weighted by atomic mass is 16.7. The molecule has 1 spiro atoms. The molecule has 0 aromatic rings. The van der Waals surface area contributed by atoms with Crippen LogP contribution in [0.25, 0.3) is 0 Å². The van der Waals surface area contributed by atoms with Crippen LogP contribution in [-0.4, -0.2) is 40.9 Å². The minimum atomic E-state index is -1.18. The van der Waals surface area contributed by atoms with E-state index in [0.29, 0.717) is 31.5 Å². The maximum atomic E-state index is 10.9. The summed E-state index contributed by atoms with van der Waals surface area (Å²) in [5.41, 5.74) is -0.254. The topological polar surface area (TPSA) is 75.0 Å². The molecule has 6 aliphatic rings. The fraction of sp³-hybridized carbons (Fsp3) is 0.857. The number of nitriles is 1. The normalized spacial score (nSPS) is 56.0. The molecule has 0 radical (unpaired) electrons. The first-order valence-electron chi connectivity index (χ1n) is 10.2. The lowest BCUT2D eigenvalue weighted by Gasteiger charge is -2.50. The van der Waals surface area contributed by atoms with E-state index in [1.165, 1.54) is 5.57 Å². The van der Waals surface area contributed by atoms with Crippen LogP contribution in [0.3, 0.4) is 0 Å². The quantitative estimate of drug-likeness (QED) is 0.410. The SMILES string of the molecule is C[C@]12CC=C3[C@@H](CC[C@@]45CC6(CC[C@@]34O5)OCCO6)[C@@H]1CC[C@]2(O)C#N. The highest BCUT2D eigenvalue weighted by molar-refractivity contribution is 5.44. The standard InChI is InChI=1S/C21H27NO4/c1-17-5-3-16-14(15(17)4-6-18(17,23)13-22)2-7-19-12-20(24-10-11-25-20)8-9-21(16,19)26-19/h3,14-15,23H,2,4-12H2,1H3/t14-,15-,17-,18-,19+,21+/m0/s1. The number of allylic oxidation sites excluding steroid dienone is 1. The van der Waals surface area contributed by atoms with Gasteiger partial charge in [-0.25, -0.2) is 0 Å². The largest absolute Gasteiger partial charge is 0.375 e. The molecule has 0 aromatic heterocycles. The van der Waals surface area contributed by atoms with Crippen LogP contribution in [0.1, 0.15) is 58.3 Å². The van der Waals surface area contributed by atoms with Gasteiger partial charge in [-0.15, -0.1) is 0 Å². The molecule has 1 N–H and O–H groups in total. The summed E-state index contributed by atoms with van der Waals surface area (Å²) in [5.74, 6) is 0.426. The maximum absolute atomic E-state index is 10.9. The van der Waals surface area contributed by atoms with Gasteiger partial charge in [0.1, 0.15) is 11.2 Å². The molecule has 5 fully saturated rings. The van der Waals surface area contributed by atoms with Gasteiger partial charge in [0.2, 0.25) is 0 Å². The molecule has 26 heavy (non-hydrogen) atoms. The van der Waals surface area contributed by atoms with E-state index in [9.17, 15) is 10.4 Å². The first kappa shape index (κ1) is 16.1. The third kappa shape index (κ3) is 1.59. The molecule has 2 saturated heterocycles. The monoisotopic (exact) mass is 357 g/mol. The molecule has 0 aromatic carbocycles. The van der Waals surface area contributed by atoms with Crippen LogP contribution in [0.15, 0.2) is 11.6 Å². The Labute approximate surface area is 154 Å². The van der Waals surface area contributed by atoms with Gasteiger partial charge in [0.05, 0.1) is 19.3 Å². The van der Waals surface area contributed by atoms with E-state index < -0.39 is 11.4 Å². The molecule has 2 heterocycles. The molecule has 5 nitrogen and oxygen atoms in total. The molecule has 3 saturated carbocycles. The zero-order valence-electron chi connectivity index (χ0n) is 15.4. The lowest BCUT2D eigenvalue weighted by Crippen LogP contribution is -2.53. The van der Waals surface area contributed by atoms with Crippen LogP contribution < -0.4 is 0 Å². The number of hydrogen-bond donors (Lipinski definition) is 1. The smallest absolute Gasteiger partial charge is 0.171 e. The predicted octanol–water partition coefficient (Wildman–Crippen LogP) is 2.83.